The highest BCUT2D eigenvalue weighted by atomic mass is 79.9. The second-order valence-electron chi connectivity index (χ2n) is 7.61. The van der Waals surface area contributed by atoms with Gasteiger partial charge in [0.2, 0.25) is 0 Å². The highest BCUT2D eigenvalue weighted by Gasteiger charge is 2.27. The topological polar surface area (TPSA) is 142 Å². The lowest BCUT2D eigenvalue weighted by Crippen LogP contribution is -2.35. The Balaban J connectivity index is 1.62. The second-order valence-corrected chi connectivity index (χ2v) is 12.3. The average molecular weight is 601 g/mol. The van der Waals surface area contributed by atoms with Crippen LogP contribution < -0.4 is 26.6 Å². The molecule has 2 heterocycles. The number of carbonyl (C=O) groups is 1. The van der Waals surface area contributed by atoms with Gasteiger partial charge in [-0.25, -0.2) is 27.3 Å². The van der Waals surface area contributed by atoms with Gasteiger partial charge in [-0.2, -0.15) is 0 Å². The van der Waals surface area contributed by atoms with Gasteiger partial charge in [0.1, 0.15) is 4.24 Å². The zero-order valence-electron chi connectivity index (χ0n) is 18.3. The summed E-state index contributed by atoms with van der Waals surface area (Å²) in [6, 6.07) is 6.34. The average Bonchev–Trinajstić information content (AvgIpc) is 3.22. The summed E-state index contributed by atoms with van der Waals surface area (Å²) in [5.41, 5.74) is 0.00987. The van der Waals surface area contributed by atoms with Crippen LogP contribution in [-0.2, 0) is 10.0 Å². The van der Waals surface area contributed by atoms with Crippen LogP contribution in [0.3, 0.4) is 0 Å². The predicted octanol–water partition coefficient (Wildman–Crippen LogP) is 3.95. The summed E-state index contributed by atoms with van der Waals surface area (Å²) in [6.45, 7) is 1.89. The fourth-order valence-electron chi connectivity index (χ4n) is 3.47. The van der Waals surface area contributed by atoms with Gasteiger partial charge in [0.25, 0.3) is 15.6 Å². The van der Waals surface area contributed by atoms with Crippen LogP contribution in [0.25, 0.3) is 16.6 Å². The van der Waals surface area contributed by atoms with Crippen LogP contribution in [0.5, 0.6) is 0 Å². The minimum Gasteiger partial charge on any atom is -0.387 e. The maximum absolute atomic E-state index is 13.1. The van der Waals surface area contributed by atoms with Crippen LogP contribution in [0.4, 0.5) is 16.2 Å². The molecule has 0 aliphatic carbocycles. The maximum Gasteiger partial charge on any atom is 0.333 e. The van der Waals surface area contributed by atoms with Crippen LogP contribution in [0, 0.1) is 0 Å². The lowest BCUT2D eigenvalue weighted by molar-refractivity contribution is 0.256. The monoisotopic (exact) mass is 599 g/mol. The molecule has 1 atom stereocenters. The van der Waals surface area contributed by atoms with E-state index in [9.17, 15) is 22.8 Å². The molecule has 3 aromatic rings. The van der Waals surface area contributed by atoms with Gasteiger partial charge >= 0.3 is 11.7 Å². The van der Waals surface area contributed by atoms with E-state index in [1.165, 1.54) is 30.0 Å². The van der Waals surface area contributed by atoms with Crippen LogP contribution in [-0.4, -0.2) is 36.3 Å². The Labute approximate surface area is 217 Å². The van der Waals surface area contributed by atoms with Crippen LogP contribution >= 0.6 is 39.3 Å². The first-order valence-electron chi connectivity index (χ1n) is 10.2. The van der Waals surface area contributed by atoms with E-state index in [1.807, 2.05) is 11.6 Å². The fraction of sp³-hybridized carbons (Fsp3) is 0.190. The number of carbonyl (C=O) groups excluding carboxylic acids is 1. The van der Waals surface area contributed by atoms with Crippen molar-refractivity contribution in [2.45, 2.75) is 18.6 Å². The number of benzene rings is 2. The second kappa shape index (κ2) is 9.72. The van der Waals surface area contributed by atoms with Crippen molar-refractivity contribution in [1.29, 1.82) is 0 Å². The third-order valence-corrected chi connectivity index (χ3v) is 9.18. The number of hydrogen-bond donors (Lipinski definition) is 4. The molecule has 0 saturated heterocycles. The number of H-pyrrole nitrogens is 1. The number of nitrogens with one attached hydrogen (secondary N) is 4. The van der Waals surface area contributed by atoms with Gasteiger partial charge in [0, 0.05) is 22.5 Å². The van der Waals surface area contributed by atoms with Crippen molar-refractivity contribution in [2.75, 3.05) is 17.7 Å². The summed E-state index contributed by atoms with van der Waals surface area (Å²) in [4.78, 5) is 40.8. The van der Waals surface area contributed by atoms with E-state index in [-0.39, 0.29) is 31.3 Å². The van der Waals surface area contributed by atoms with E-state index in [0.29, 0.717) is 22.1 Å². The molecule has 1 aliphatic heterocycles. The molecular formula is C21H19BrClN5O5S2. The summed E-state index contributed by atoms with van der Waals surface area (Å²) < 4.78 is 28.3. The zero-order valence-corrected chi connectivity index (χ0v) is 22.3. The number of anilines is 2. The minimum atomic E-state index is -3.98. The van der Waals surface area contributed by atoms with Gasteiger partial charge in [-0.1, -0.05) is 24.6 Å². The number of fused-ring (bicyclic) bond motifs is 1. The van der Waals surface area contributed by atoms with Crippen molar-refractivity contribution >= 4 is 77.6 Å². The molecule has 0 saturated carbocycles. The number of thioether (sulfide) groups is 1. The third-order valence-electron chi connectivity index (χ3n) is 5.13. The first-order valence-corrected chi connectivity index (χ1v) is 13.7. The molecule has 1 unspecified atom stereocenters. The van der Waals surface area contributed by atoms with Crippen LogP contribution in [0.1, 0.15) is 13.3 Å². The molecule has 2 amide bonds. The van der Waals surface area contributed by atoms with Gasteiger partial charge < -0.3 is 15.6 Å². The van der Waals surface area contributed by atoms with Crippen molar-refractivity contribution < 1.29 is 13.2 Å². The van der Waals surface area contributed by atoms with Gasteiger partial charge in [-0.15, -0.1) is 11.8 Å². The first-order chi connectivity index (χ1) is 16.5. The fourth-order valence-corrected chi connectivity index (χ4v) is 6.90. The van der Waals surface area contributed by atoms with Gasteiger partial charge in [0.05, 0.1) is 27.3 Å². The first kappa shape index (κ1) is 25.4. The Kier molecular flexibility index (Phi) is 7.04. The zero-order chi connectivity index (χ0) is 25.5. The van der Waals surface area contributed by atoms with Crippen LogP contribution in [0.2, 0.25) is 5.02 Å². The molecule has 4 N–H and O–H groups in total. The molecule has 4 rings (SSSR count). The molecule has 0 fully saturated rings. The Hall–Kier alpha value is -2.74. The van der Waals surface area contributed by atoms with Crippen molar-refractivity contribution in [3.8, 4) is 5.69 Å². The molecule has 1 aromatic heterocycles. The molecule has 2 aromatic carbocycles. The summed E-state index contributed by atoms with van der Waals surface area (Å²) >= 11 is 10.9. The smallest absolute Gasteiger partial charge is 0.333 e. The molecule has 35 heavy (non-hydrogen) atoms. The molecule has 0 bridgehead atoms. The van der Waals surface area contributed by atoms with Crippen LogP contribution in [0.15, 0.2) is 54.7 Å². The van der Waals surface area contributed by atoms with Crippen molar-refractivity contribution in [3.63, 3.8) is 0 Å². The van der Waals surface area contributed by atoms with E-state index in [4.69, 9.17) is 11.6 Å². The number of aromatic nitrogens is 2. The summed E-state index contributed by atoms with van der Waals surface area (Å²) in [5, 5.41) is 5.71. The molecule has 184 valence electrons. The largest absolute Gasteiger partial charge is 0.387 e. The normalized spacial score (nSPS) is 15.7. The molecular weight excluding hydrogens is 582 g/mol. The van der Waals surface area contributed by atoms with Gasteiger partial charge in [-0.05, 0) is 52.7 Å². The minimum absolute atomic E-state index is 0.00796. The highest BCUT2D eigenvalue weighted by Crippen LogP contribution is 2.35. The maximum atomic E-state index is 13.1. The quantitative estimate of drug-likeness (QED) is 0.347. The molecule has 0 spiro atoms. The summed E-state index contributed by atoms with van der Waals surface area (Å²) in [7, 11) is -2.27. The highest BCUT2D eigenvalue weighted by molar-refractivity contribution is 9.10. The standard InChI is InChI=1S/C21H19BrClN5O5S2/c1-10-3-6-18(34-10)35(32,33)27-20(30)25-11-4-5-17(14(23)7-11)28-19(29)12-8-13(22)16(24-2)9-15(12)26-21(28)31/h4-10,24H,3H2,1-2H3,(H,26,31)(H2,25,27,30). The number of allylic oxidation sites excluding steroid dienone is 1. The third kappa shape index (κ3) is 5.13. The molecule has 0 radical (unpaired) electrons. The van der Waals surface area contributed by atoms with Crippen molar-refractivity contribution in [1.82, 2.24) is 14.3 Å². The molecule has 14 heteroatoms. The lowest BCUT2D eigenvalue weighted by atomic mass is 10.2. The number of hydrogen-bond acceptors (Lipinski definition) is 7. The predicted molar refractivity (Wildman–Crippen MR) is 143 cm³/mol. The van der Waals surface area contributed by atoms with Crippen molar-refractivity contribution in [3.05, 3.63) is 71.0 Å². The number of sulfonamides is 1. The van der Waals surface area contributed by atoms with E-state index >= 15 is 0 Å². The molecule has 1 aliphatic rings. The van der Waals surface area contributed by atoms with E-state index in [0.717, 1.165) is 4.57 Å². The number of urea groups is 1. The number of amides is 2. The number of halogens is 2. The Morgan fingerprint density at radius 1 is 1.26 bits per heavy atom. The SMILES string of the molecule is CNc1cc2[nH]c(=O)n(-c3ccc(NC(=O)NS(=O)(=O)C4=CCC(C)S4)cc3Cl)c(=O)c2cc1Br. The van der Waals surface area contributed by atoms with Gasteiger partial charge in [-0.3, -0.25) is 4.79 Å². The summed E-state index contributed by atoms with van der Waals surface area (Å²) in [5.74, 6) is 0. The Morgan fingerprint density at radius 3 is 2.63 bits per heavy atom. The molecule has 10 nitrogen and oxygen atoms in total. The van der Waals surface area contributed by atoms with E-state index in [1.54, 1.807) is 25.3 Å². The number of nitrogens with zero attached hydrogens (tertiary/aromatic N) is 1. The van der Waals surface area contributed by atoms with Crippen molar-refractivity contribution in [2.24, 2.45) is 0 Å². The summed E-state index contributed by atoms with van der Waals surface area (Å²) in [6.07, 6.45) is 2.16. The Bertz CT molecular complexity index is 1620. The lowest BCUT2D eigenvalue weighted by Gasteiger charge is -2.13. The van der Waals surface area contributed by atoms with Gasteiger partial charge in [0.15, 0.2) is 0 Å². The number of rotatable bonds is 5. The Morgan fingerprint density at radius 2 is 2.00 bits per heavy atom. The number of aromatic amines is 1. The van der Waals surface area contributed by atoms with E-state index < -0.39 is 27.3 Å². The van der Waals surface area contributed by atoms with E-state index in [2.05, 4.69) is 31.5 Å².